The molecule has 0 aromatic carbocycles. The van der Waals surface area contributed by atoms with Gasteiger partial charge in [-0.3, -0.25) is 0 Å². The van der Waals surface area contributed by atoms with E-state index in [-0.39, 0.29) is 0 Å². The van der Waals surface area contributed by atoms with E-state index in [0.717, 1.165) is 19.0 Å². The number of hydrogen-bond donors (Lipinski definition) is 4. The van der Waals surface area contributed by atoms with E-state index in [2.05, 4.69) is 12.2 Å². The van der Waals surface area contributed by atoms with Crippen molar-refractivity contribution in [1.29, 1.82) is 0 Å². The molecule has 0 saturated carbocycles. The summed E-state index contributed by atoms with van der Waals surface area (Å²) in [5, 5.41) is 2.29. The van der Waals surface area contributed by atoms with E-state index >= 15 is 0 Å². The van der Waals surface area contributed by atoms with Gasteiger partial charge in [0.05, 0.1) is 5.04 Å². The van der Waals surface area contributed by atoms with Crippen molar-refractivity contribution in [3.05, 3.63) is 6.04 Å². The van der Waals surface area contributed by atoms with Crippen molar-refractivity contribution in [2.24, 2.45) is 0 Å². The van der Waals surface area contributed by atoms with Crippen molar-refractivity contribution < 1.29 is 14.4 Å². The fraction of sp³-hybridized carbons (Fsp3) is 0.957. The van der Waals surface area contributed by atoms with Gasteiger partial charge in [-0.2, -0.15) is 0 Å². The molecule has 0 spiro atoms. The summed E-state index contributed by atoms with van der Waals surface area (Å²) in [4.78, 5) is 28.6. The van der Waals surface area contributed by atoms with Crippen LogP contribution in [0.25, 0.3) is 0 Å². The molecule has 4 nitrogen and oxygen atoms in total. The maximum absolute atomic E-state index is 9.55. The third-order valence-corrected chi connectivity index (χ3v) is 8.25. The molecule has 0 amide bonds. The number of unbranched alkanes of at least 4 members (excludes halogenated alkanes) is 15. The lowest BCUT2D eigenvalue weighted by atomic mass is 10.0. The van der Waals surface area contributed by atoms with Crippen molar-refractivity contribution >= 4 is 8.80 Å². The molecule has 0 aliphatic rings. The molecule has 0 heterocycles. The minimum Gasteiger partial charge on any atom is -0.390 e. The first-order valence-corrected chi connectivity index (χ1v) is 13.8. The molecule has 0 atom stereocenters. The topological polar surface area (TPSA) is 72.7 Å². The first-order chi connectivity index (χ1) is 13.2. The van der Waals surface area contributed by atoms with Gasteiger partial charge in [0, 0.05) is 6.04 Å². The summed E-state index contributed by atoms with van der Waals surface area (Å²) in [6, 6.07) is 0.757. The first-order valence-electron chi connectivity index (χ1n) is 12.0. The van der Waals surface area contributed by atoms with Gasteiger partial charge in [-0.05, 0) is 19.9 Å². The Labute approximate surface area is 176 Å². The number of hydrogen-bond acceptors (Lipinski definition) is 4. The van der Waals surface area contributed by atoms with Crippen LogP contribution in [0.2, 0.25) is 5.04 Å². The van der Waals surface area contributed by atoms with Crippen LogP contribution in [0.1, 0.15) is 130 Å². The predicted octanol–water partition coefficient (Wildman–Crippen LogP) is 6.09. The van der Waals surface area contributed by atoms with Crippen molar-refractivity contribution in [1.82, 2.24) is 5.32 Å². The third-order valence-electron chi connectivity index (χ3n) is 6.20. The summed E-state index contributed by atoms with van der Waals surface area (Å²) in [7, 11) is -4.16. The molecule has 4 N–H and O–H groups in total. The monoisotopic (exact) mass is 416 g/mol. The van der Waals surface area contributed by atoms with Gasteiger partial charge in [0.1, 0.15) is 0 Å². The second-order valence-corrected chi connectivity index (χ2v) is 11.6. The van der Waals surface area contributed by atoms with Crippen LogP contribution in [-0.4, -0.2) is 29.7 Å². The second kappa shape index (κ2) is 16.8. The van der Waals surface area contributed by atoms with Crippen LogP contribution in [-0.2, 0) is 0 Å². The Morgan fingerprint density at radius 1 is 0.643 bits per heavy atom. The Balaban J connectivity index is 3.32. The molecular formula is C23H50NO3Si. The van der Waals surface area contributed by atoms with Crippen molar-refractivity contribution in [3.63, 3.8) is 0 Å². The summed E-state index contributed by atoms with van der Waals surface area (Å²) in [6.07, 6.45) is 21.8. The summed E-state index contributed by atoms with van der Waals surface area (Å²) in [5.74, 6) is 0. The van der Waals surface area contributed by atoms with Crippen molar-refractivity contribution in [2.75, 3.05) is 6.54 Å². The minimum atomic E-state index is -4.16. The molecule has 0 aromatic rings. The van der Waals surface area contributed by atoms with E-state index in [1.807, 2.05) is 6.92 Å². The van der Waals surface area contributed by atoms with Gasteiger partial charge in [0.15, 0.2) is 0 Å². The van der Waals surface area contributed by atoms with Gasteiger partial charge < -0.3 is 19.7 Å². The Kier molecular flexibility index (Phi) is 16.8. The fourth-order valence-electron chi connectivity index (χ4n) is 3.42. The summed E-state index contributed by atoms with van der Waals surface area (Å²) in [5.41, 5.74) is 0. The van der Waals surface area contributed by atoms with Crippen LogP contribution < -0.4 is 5.32 Å². The van der Waals surface area contributed by atoms with Gasteiger partial charge in [0.25, 0.3) is 0 Å². The molecule has 0 aliphatic carbocycles. The lowest BCUT2D eigenvalue weighted by molar-refractivity contribution is 0.186. The Morgan fingerprint density at radius 2 is 0.964 bits per heavy atom. The SMILES string of the molecule is CCCCCCCCCCCCCCCCCCN[C](C)C(C)(C)[Si](O)(O)O. The average Bonchev–Trinajstić information content (AvgIpc) is 2.63. The molecule has 0 aliphatic heterocycles. The molecule has 0 bridgehead atoms. The lowest BCUT2D eigenvalue weighted by Gasteiger charge is -2.35. The zero-order valence-corrected chi connectivity index (χ0v) is 20.4. The summed E-state index contributed by atoms with van der Waals surface area (Å²) < 4.78 is 0. The van der Waals surface area contributed by atoms with Gasteiger partial charge in [-0.1, -0.05) is 117 Å². The molecule has 0 aromatic heterocycles. The van der Waals surface area contributed by atoms with E-state index in [1.165, 1.54) is 96.3 Å². The first kappa shape index (κ1) is 28.1. The normalized spacial score (nSPS) is 12.9. The van der Waals surface area contributed by atoms with Crippen molar-refractivity contribution in [2.45, 2.75) is 135 Å². The van der Waals surface area contributed by atoms with Crippen LogP contribution in [0.5, 0.6) is 0 Å². The molecule has 28 heavy (non-hydrogen) atoms. The molecule has 0 fully saturated rings. The highest BCUT2D eigenvalue weighted by Gasteiger charge is 2.50. The number of rotatable bonds is 20. The fourth-order valence-corrected chi connectivity index (χ4v) is 4.01. The average molecular weight is 417 g/mol. The summed E-state index contributed by atoms with van der Waals surface area (Å²) in [6.45, 7) is 8.29. The van der Waals surface area contributed by atoms with Gasteiger partial charge in [-0.25, -0.2) is 0 Å². The van der Waals surface area contributed by atoms with Crippen LogP contribution in [0.4, 0.5) is 0 Å². The molecular weight excluding hydrogens is 366 g/mol. The van der Waals surface area contributed by atoms with E-state index in [9.17, 15) is 14.4 Å². The van der Waals surface area contributed by atoms with E-state index in [4.69, 9.17) is 0 Å². The zero-order chi connectivity index (χ0) is 21.3. The van der Waals surface area contributed by atoms with Gasteiger partial charge in [-0.15, -0.1) is 0 Å². The van der Waals surface area contributed by atoms with E-state index < -0.39 is 13.8 Å². The highest BCUT2D eigenvalue weighted by molar-refractivity contribution is 6.60. The van der Waals surface area contributed by atoms with Gasteiger partial charge >= 0.3 is 8.80 Å². The van der Waals surface area contributed by atoms with Crippen molar-refractivity contribution in [3.8, 4) is 0 Å². The van der Waals surface area contributed by atoms with E-state index in [0.29, 0.717) is 0 Å². The maximum Gasteiger partial charge on any atom is 0.500 e. The predicted molar refractivity (Wildman–Crippen MR) is 123 cm³/mol. The standard InChI is InChI=1S/C23H50NO3Si/c1-5-6-7-8-9-10-11-12-13-14-15-16-17-18-19-20-21-24-22(2)23(3,4)28(25,26)27/h24-27H,5-21H2,1-4H3. The van der Waals surface area contributed by atoms with Crippen LogP contribution in [0, 0.1) is 6.04 Å². The minimum absolute atomic E-state index is 0.757. The van der Waals surface area contributed by atoms with Crippen LogP contribution >= 0.6 is 0 Å². The molecule has 0 unspecified atom stereocenters. The Bertz CT molecular complexity index is 345. The second-order valence-electron chi connectivity index (χ2n) is 9.12. The third kappa shape index (κ3) is 14.1. The lowest BCUT2D eigenvalue weighted by Crippen LogP contribution is -2.51. The molecule has 5 heteroatoms. The zero-order valence-electron chi connectivity index (χ0n) is 19.4. The number of nitrogens with one attached hydrogen (secondary N) is 1. The Morgan fingerprint density at radius 3 is 1.29 bits per heavy atom. The van der Waals surface area contributed by atoms with Crippen LogP contribution in [0.3, 0.4) is 0 Å². The molecule has 169 valence electrons. The van der Waals surface area contributed by atoms with E-state index in [1.54, 1.807) is 13.8 Å². The smallest absolute Gasteiger partial charge is 0.390 e. The quantitative estimate of drug-likeness (QED) is 0.143. The highest BCUT2D eigenvalue weighted by atomic mass is 28.4. The highest BCUT2D eigenvalue weighted by Crippen LogP contribution is 2.40. The van der Waals surface area contributed by atoms with Crippen LogP contribution in [0.15, 0.2) is 0 Å². The Hall–Kier alpha value is 0.0569. The molecule has 0 saturated heterocycles. The summed E-state index contributed by atoms with van der Waals surface area (Å²) >= 11 is 0. The molecule has 0 rings (SSSR count). The maximum atomic E-state index is 9.55. The van der Waals surface area contributed by atoms with Gasteiger partial charge in [0.2, 0.25) is 0 Å². The largest absolute Gasteiger partial charge is 0.500 e. The molecule has 1 radical (unpaired) electrons.